The van der Waals surface area contributed by atoms with Crippen molar-refractivity contribution < 1.29 is 22.7 Å². The van der Waals surface area contributed by atoms with Crippen molar-refractivity contribution >= 4 is 11.6 Å². The molecule has 1 heterocycles. The van der Waals surface area contributed by atoms with Crippen LogP contribution < -0.4 is 10.1 Å². The summed E-state index contributed by atoms with van der Waals surface area (Å²) in [5.74, 6) is -0.752. The SMILES string of the molecule is Cc1nn(-c2ccc(F)cc2)c(C)c1C(=O)Nc1ccc(OC(F)F)cc1. The summed E-state index contributed by atoms with van der Waals surface area (Å²) in [6.07, 6.45) is 0. The van der Waals surface area contributed by atoms with Crippen molar-refractivity contribution in [2.24, 2.45) is 0 Å². The summed E-state index contributed by atoms with van der Waals surface area (Å²) >= 11 is 0. The van der Waals surface area contributed by atoms with Gasteiger partial charge in [-0.25, -0.2) is 9.07 Å². The Kier molecular flexibility index (Phi) is 5.16. The highest BCUT2D eigenvalue weighted by Crippen LogP contribution is 2.22. The maximum absolute atomic E-state index is 13.1. The predicted octanol–water partition coefficient (Wildman–Crippen LogP) is 4.48. The van der Waals surface area contributed by atoms with E-state index in [9.17, 15) is 18.0 Å². The smallest absolute Gasteiger partial charge is 0.387 e. The molecule has 0 spiro atoms. The lowest BCUT2D eigenvalue weighted by atomic mass is 10.1. The molecule has 5 nitrogen and oxygen atoms in total. The van der Waals surface area contributed by atoms with Crippen LogP contribution in [-0.2, 0) is 0 Å². The van der Waals surface area contributed by atoms with Crippen molar-refractivity contribution in [2.75, 3.05) is 5.32 Å². The third-order valence-corrected chi connectivity index (χ3v) is 3.93. The maximum atomic E-state index is 13.1. The summed E-state index contributed by atoms with van der Waals surface area (Å²) in [5.41, 5.74) is 2.54. The van der Waals surface area contributed by atoms with Gasteiger partial charge in [0.05, 0.1) is 22.6 Å². The third-order valence-electron chi connectivity index (χ3n) is 3.93. The Labute approximate surface area is 153 Å². The van der Waals surface area contributed by atoms with E-state index in [0.29, 0.717) is 28.3 Å². The van der Waals surface area contributed by atoms with Crippen molar-refractivity contribution in [2.45, 2.75) is 20.5 Å². The van der Waals surface area contributed by atoms with E-state index < -0.39 is 6.61 Å². The third kappa shape index (κ3) is 4.11. The molecule has 0 aliphatic carbocycles. The van der Waals surface area contributed by atoms with Crippen molar-refractivity contribution in [3.05, 3.63) is 71.3 Å². The van der Waals surface area contributed by atoms with Crippen LogP contribution in [0.1, 0.15) is 21.7 Å². The second-order valence-electron chi connectivity index (χ2n) is 5.79. The van der Waals surface area contributed by atoms with Crippen LogP contribution in [0.3, 0.4) is 0 Å². The summed E-state index contributed by atoms with van der Waals surface area (Å²) in [5, 5.41) is 7.05. The van der Waals surface area contributed by atoms with Gasteiger partial charge in [-0.2, -0.15) is 13.9 Å². The standard InChI is InChI=1S/C19H16F3N3O2/c1-11-17(12(2)25(24-11)15-7-3-13(20)4-8-15)18(26)23-14-5-9-16(10-6-14)27-19(21)22/h3-10,19H,1-2H3,(H,23,26). The molecule has 2 aromatic carbocycles. The molecule has 0 fully saturated rings. The molecule has 0 saturated carbocycles. The van der Waals surface area contributed by atoms with Gasteiger partial charge in [0.15, 0.2) is 0 Å². The number of carbonyl (C=O) groups excluding carboxylic acids is 1. The number of aryl methyl sites for hydroxylation is 1. The molecule has 1 amide bonds. The lowest BCUT2D eigenvalue weighted by Gasteiger charge is -2.08. The maximum Gasteiger partial charge on any atom is 0.387 e. The fourth-order valence-electron chi connectivity index (χ4n) is 2.72. The van der Waals surface area contributed by atoms with Gasteiger partial charge < -0.3 is 10.1 Å². The molecule has 1 aromatic heterocycles. The summed E-state index contributed by atoms with van der Waals surface area (Å²) in [6, 6.07) is 11.4. The van der Waals surface area contributed by atoms with E-state index in [1.165, 1.54) is 36.4 Å². The highest BCUT2D eigenvalue weighted by atomic mass is 19.3. The van der Waals surface area contributed by atoms with E-state index in [1.54, 1.807) is 30.7 Å². The summed E-state index contributed by atoms with van der Waals surface area (Å²) in [7, 11) is 0. The zero-order valence-electron chi connectivity index (χ0n) is 14.5. The van der Waals surface area contributed by atoms with Crippen LogP contribution in [0.25, 0.3) is 5.69 Å². The number of aromatic nitrogens is 2. The Hall–Kier alpha value is -3.29. The molecular formula is C19H16F3N3O2. The zero-order chi connectivity index (χ0) is 19.6. The van der Waals surface area contributed by atoms with Gasteiger partial charge in [-0.3, -0.25) is 4.79 Å². The van der Waals surface area contributed by atoms with Gasteiger partial charge in [0.1, 0.15) is 11.6 Å². The number of hydrogen-bond acceptors (Lipinski definition) is 3. The van der Waals surface area contributed by atoms with E-state index in [2.05, 4.69) is 15.2 Å². The highest BCUT2D eigenvalue weighted by Gasteiger charge is 2.19. The summed E-state index contributed by atoms with van der Waals surface area (Å²) in [6.45, 7) is 0.521. The van der Waals surface area contributed by atoms with Gasteiger partial charge in [0, 0.05) is 5.69 Å². The normalized spacial score (nSPS) is 10.9. The van der Waals surface area contributed by atoms with E-state index in [1.807, 2.05) is 0 Å². The van der Waals surface area contributed by atoms with Crippen LogP contribution >= 0.6 is 0 Å². The van der Waals surface area contributed by atoms with Crippen molar-refractivity contribution in [3.8, 4) is 11.4 Å². The number of rotatable bonds is 5. The van der Waals surface area contributed by atoms with Gasteiger partial charge in [-0.1, -0.05) is 0 Å². The number of alkyl halides is 2. The van der Waals surface area contributed by atoms with Gasteiger partial charge >= 0.3 is 6.61 Å². The van der Waals surface area contributed by atoms with Crippen molar-refractivity contribution in [1.29, 1.82) is 0 Å². The number of halogens is 3. The minimum absolute atomic E-state index is 0.000473. The molecular weight excluding hydrogens is 359 g/mol. The van der Waals surface area contributed by atoms with Crippen LogP contribution in [0.5, 0.6) is 5.75 Å². The molecule has 0 aliphatic rings. The first kappa shape index (κ1) is 18.5. The Morgan fingerprint density at radius 2 is 1.70 bits per heavy atom. The summed E-state index contributed by atoms with van der Waals surface area (Å²) in [4.78, 5) is 12.6. The molecule has 0 bridgehead atoms. The van der Waals surface area contributed by atoms with Crippen LogP contribution in [0.15, 0.2) is 48.5 Å². The van der Waals surface area contributed by atoms with Crippen molar-refractivity contribution in [3.63, 3.8) is 0 Å². The Morgan fingerprint density at radius 1 is 1.07 bits per heavy atom. The molecule has 140 valence electrons. The second-order valence-corrected chi connectivity index (χ2v) is 5.79. The van der Waals surface area contributed by atoms with E-state index in [4.69, 9.17) is 0 Å². The second kappa shape index (κ2) is 7.53. The number of ether oxygens (including phenoxy) is 1. The molecule has 27 heavy (non-hydrogen) atoms. The Bertz CT molecular complexity index is 952. The molecule has 3 rings (SSSR count). The molecule has 0 aliphatic heterocycles. The first-order valence-electron chi connectivity index (χ1n) is 8.03. The van der Waals surface area contributed by atoms with Gasteiger partial charge in [-0.05, 0) is 62.4 Å². The molecule has 3 aromatic rings. The van der Waals surface area contributed by atoms with Crippen LogP contribution in [-0.4, -0.2) is 22.3 Å². The topological polar surface area (TPSA) is 56.2 Å². The fraction of sp³-hybridized carbons (Fsp3) is 0.158. The molecule has 8 heteroatoms. The van der Waals surface area contributed by atoms with E-state index >= 15 is 0 Å². The van der Waals surface area contributed by atoms with Crippen molar-refractivity contribution in [1.82, 2.24) is 9.78 Å². The average molecular weight is 375 g/mol. The quantitative estimate of drug-likeness (QED) is 0.715. The summed E-state index contributed by atoms with van der Waals surface area (Å²) < 4.78 is 43.3. The van der Waals surface area contributed by atoms with Crippen LogP contribution in [0.4, 0.5) is 18.9 Å². The lowest BCUT2D eigenvalue weighted by molar-refractivity contribution is -0.0498. The number of amides is 1. The molecule has 0 saturated heterocycles. The lowest BCUT2D eigenvalue weighted by Crippen LogP contribution is -2.14. The number of nitrogens with zero attached hydrogens (tertiary/aromatic N) is 2. The predicted molar refractivity (Wildman–Crippen MR) is 94.0 cm³/mol. The highest BCUT2D eigenvalue weighted by molar-refractivity contribution is 6.06. The first-order chi connectivity index (χ1) is 12.8. The number of carbonyl (C=O) groups is 1. The first-order valence-corrected chi connectivity index (χ1v) is 8.03. The number of benzene rings is 2. The average Bonchev–Trinajstić information content (AvgIpc) is 2.91. The Balaban J connectivity index is 1.82. The molecule has 0 atom stereocenters. The van der Waals surface area contributed by atoms with Crippen LogP contribution in [0.2, 0.25) is 0 Å². The largest absolute Gasteiger partial charge is 0.435 e. The molecule has 1 N–H and O–H groups in total. The number of anilines is 1. The minimum Gasteiger partial charge on any atom is -0.435 e. The van der Waals surface area contributed by atoms with Gasteiger partial charge in [0.25, 0.3) is 5.91 Å². The number of hydrogen-bond donors (Lipinski definition) is 1. The zero-order valence-corrected chi connectivity index (χ0v) is 14.5. The van der Waals surface area contributed by atoms with Gasteiger partial charge in [0.2, 0.25) is 0 Å². The van der Waals surface area contributed by atoms with Gasteiger partial charge in [-0.15, -0.1) is 0 Å². The minimum atomic E-state index is -2.91. The molecule has 0 unspecified atom stereocenters. The van der Waals surface area contributed by atoms with E-state index in [0.717, 1.165) is 0 Å². The number of nitrogens with one attached hydrogen (secondary N) is 1. The fourth-order valence-corrected chi connectivity index (χ4v) is 2.72. The molecule has 0 radical (unpaired) electrons. The Morgan fingerprint density at radius 3 is 2.30 bits per heavy atom. The van der Waals surface area contributed by atoms with E-state index in [-0.39, 0.29) is 17.5 Å². The van der Waals surface area contributed by atoms with Crippen LogP contribution in [0, 0.1) is 19.7 Å². The monoisotopic (exact) mass is 375 g/mol.